The zero-order valence-corrected chi connectivity index (χ0v) is 13.6. The molecule has 2 saturated heterocycles. The summed E-state index contributed by atoms with van der Waals surface area (Å²) in [7, 11) is 0. The van der Waals surface area contributed by atoms with Crippen molar-refractivity contribution in [3.8, 4) is 0 Å². The Kier molecular flexibility index (Phi) is 3.37. The number of nitrogens with zero attached hydrogens (tertiary/aromatic N) is 1. The molecular formula is C19H17FNO4-. The van der Waals surface area contributed by atoms with Crippen LogP contribution in [0.3, 0.4) is 0 Å². The number of carbonyl (C=O) groups excluding carboxylic acids is 2. The maximum absolute atomic E-state index is 14.4. The molecule has 0 radical (unpaired) electrons. The monoisotopic (exact) mass is 342 g/mol. The lowest BCUT2D eigenvalue weighted by atomic mass is 9.74. The molecule has 1 amide bonds. The standard InChI is InChI=1S/C19H18FNO4/c1-10(2)9-14-19-8-7-13(25-19)15(18(23)24)16(19)17(22)21(14)12-6-4-3-5-11(12)20/h3-8,13-16H,1,9H2,2H3,(H,23,24)/p-1/t13-,14-,15-,16-,19-/m1/s1. The summed E-state index contributed by atoms with van der Waals surface area (Å²) in [6.07, 6.45) is 3.12. The first-order chi connectivity index (χ1) is 11.9. The van der Waals surface area contributed by atoms with Crippen LogP contribution >= 0.6 is 0 Å². The van der Waals surface area contributed by atoms with Gasteiger partial charge in [-0.3, -0.25) is 4.79 Å². The molecule has 3 aliphatic heterocycles. The quantitative estimate of drug-likeness (QED) is 0.771. The maximum Gasteiger partial charge on any atom is 0.234 e. The van der Waals surface area contributed by atoms with Gasteiger partial charge < -0.3 is 19.5 Å². The zero-order chi connectivity index (χ0) is 17.9. The summed E-state index contributed by atoms with van der Waals surface area (Å²) in [5, 5.41) is 11.6. The van der Waals surface area contributed by atoms with Crippen LogP contribution in [0.4, 0.5) is 10.1 Å². The summed E-state index contributed by atoms with van der Waals surface area (Å²) in [6, 6.07) is 5.42. The van der Waals surface area contributed by atoms with E-state index in [1.165, 1.54) is 23.1 Å². The Morgan fingerprint density at radius 3 is 2.80 bits per heavy atom. The second-order valence-electron chi connectivity index (χ2n) is 6.95. The molecule has 3 aliphatic rings. The van der Waals surface area contributed by atoms with Crippen molar-refractivity contribution < 1.29 is 23.8 Å². The number of ether oxygens (including phenoxy) is 1. The van der Waals surface area contributed by atoms with E-state index in [2.05, 4.69) is 6.58 Å². The maximum atomic E-state index is 14.4. The van der Waals surface area contributed by atoms with Crippen LogP contribution in [-0.4, -0.2) is 29.6 Å². The van der Waals surface area contributed by atoms with Crippen molar-refractivity contribution in [2.75, 3.05) is 4.90 Å². The van der Waals surface area contributed by atoms with Crippen LogP contribution in [0.15, 0.2) is 48.6 Å². The number of para-hydroxylation sites is 1. The van der Waals surface area contributed by atoms with Crippen molar-refractivity contribution >= 4 is 17.6 Å². The zero-order valence-electron chi connectivity index (χ0n) is 13.6. The van der Waals surface area contributed by atoms with Crippen molar-refractivity contribution in [2.24, 2.45) is 11.8 Å². The molecule has 3 heterocycles. The van der Waals surface area contributed by atoms with Crippen molar-refractivity contribution in [3.05, 3.63) is 54.4 Å². The first kappa shape index (κ1) is 16.0. The topological polar surface area (TPSA) is 69.7 Å². The highest BCUT2D eigenvalue weighted by Crippen LogP contribution is 2.56. The lowest BCUT2D eigenvalue weighted by Gasteiger charge is -2.33. The Morgan fingerprint density at radius 2 is 2.16 bits per heavy atom. The number of hydrogen-bond donors (Lipinski definition) is 0. The fraction of sp³-hybridized carbons (Fsp3) is 0.368. The summed E-state index contributed by atoms with van der Waals surface area (Å²) in [5.74, 6) is -4.29. The van der Waals surface area contributed by atoms with Gasteiger partial charge >= 0.3 is 0 Å². The van der Waals surface area contributed by atoms with E-state index < -0.39 is 47.3 Å². The Morgan fingerprint density at radius 1 is 1.44 bits per heavy atom. The Bertz CT molecular complexity index is 819. The summed E-state index contributed by atoms with van der Waals surface area (Å²) in [4.78, 5) is 26.1. The molecule has 2 fully saturated rings. The number of anilines is 1. The van der Waals surface area contributed by atoms with Crippen LogP contribution in [0.25, 0.3) is 0 Å². The number of carboxylic acid groups (broad SMARTS) is 1. The smallest absolute Gasteiger partial charge is 0.234 e. The largest absolute Gasteiger partial charge is 0.550 e. The number of benzene rings is 1. The van der Waals surface area contributed by atoms with E-state index in [0.29, 0.717) is 6.42 Å². The lowest BCUT2D eigenvalue weighted by Crippen LogP contribution is -2.46. The third-order valence-corrected chi connectivity index (χ3v) is 5.35. The van der Waals surface area contributed by atoms with Crippen molar-refractivity contribution in [1.29, 1.82) is 0 Å². The van der Waals surface area contributed by atoms with E-state index in [1.54, 1.807) is 18.2 Å². The molecule has 2 bridgehead atoms. The average Bonchev–Trinajstić information content (AvgIpc) is 3.18. The van der Waals surface area contributed by atoms with E-state index in [1.807, 2.05) is 6.92 Å². The van der Waals surface area contributed by atoms with Gasteiger partial charge in [-0.05, 0) is 25.5 Å². The van der Waals surface area contributed by atoms with Crippen molar-refractivity contribution in [1.82, 2.24) is 0 Å². The first-order valence-electron chi connectivity index (χ1n) is 8.17. The molecule has 5 atom stereocenters. The third kappa shape index (κ3) is 2.03. The number of carbonyl (C=O) groups is 2. The van der Waals surface area contributed by atoms with Crippen LogP contribution in [0.1, 0.15) is 13.3 Å². The molecule has 5 nitrogen and oxygen atoms in total. The summed E-state index contributed by atoms with van der Waals surface area (Å²) in [6.45, 7) is 5.72. The number of carboxylic acids is 1. The van der Waals surface area contributed by atoms with E-state index in [0.717, 1.165) is 5.57 Å². The van der Waals surface area contributed by atoms with Crippen molar-refractivity contribution in [2.45, 2.75) is 31.1 Å². The first-order valence-corrected chi connectivity index (χ1v) is 8.17. The van der Waals surface area contributed by atoms with Gasteiger partial charge in [-0.2, -0.15) is 0 Å². The van der Waals surface area contributed by atoms with Gasteiger partial charge in [0.15, 0.2) is 0 Å². The molecule has 25 heavy (non-hydrogen) atoms. The van der Waals surface area contributed by atoms with Gasteiger partial charge in [0.2, 0.25) is 5.91 Å². The van der Waals surface area contributed by atoms with E-state index in [-0.39, 0.29) is 5.69 Å². The normalized spacial score (nSPS) is 35.3. The molecule has 1 aromatic carbocycles. The molecule has 0 unspecified atom stereocenters. The summed E-state index contributed by atoms with van der Waals surface area (Å²) in [5.41, 5.74) is -0.167. The van der Waals surface area contributed by atoms with Gasteiger partial charge in [-0.1, -0.05) is 29.9 Å². The van der Waals surface area contributed by atoms with Gasteiger partial charge in [0, 0.05) is 11.9 Å². The molecule has 0 saturated carbocycles. The predicted octanol–water partition coefficient (Wildman–Crippen LogP) is 1.20. The molecule has 0 aromatic heterocycles. The number of hydrogen-bond acceptors (Lipinski definition) is 4. The number of amides is 1. The van der Waals surface area contributed by atoms with Gasteiger partial charge in [0.25, 0.3) is 0 Å². The van der Waals surface area contributed by atoms with Gasteiger partial charge in [0.05, 0.1) is 23.8 Å². The van der Waals surface area contributed by atoms with Gasteiger partial charge in [-0.15, -0.1) is 6.58 Å². The lowest BCUT2D eigenvalue weighted by molar-refractivity contribution is -0.313. The molecule has 0 N–H and O–H groups in total. The molecule has 1 spiro atoms. The minimum atomic E-state index is -1.32. The Balaban J connectivity index is 1.87. The third-order valence-electron chi connectivity index (χ3n) is 5.35. The van der Waals surface area contributed by atoms with Gasteiger partial charge in [0.1, 0.15) is 11.4 Å². The minimum Gasteiger partial charge on any atom is -0.550 e. The second-order valence-corrected chi connectivity index (χ2v) is 6.95. The Labute approximate surface area is 144 Å². The number of halogens is 1. The molecule has 1 aromatic rings. The molecule has 4 rings (SSSR count). The molecular weight excluding hydrogens is 325 g/mol. The summed E-state index contributed by atoms with van der Waals surface area (Å²) >= 11 is 0. The molecule has 6 heteroatoms. The SMILES string of the molecule is C=C(C)C[C@H]1N(c2ccccc2F)C(=O)[C@H]2[C@H](C(=O)[O-])[C@H]3C=C[C@]21O3. The second kappa shape index (κ2) is 5.26. The highest BCUT2D eigenvalue weighted by Gasteiger charge is 2.70. The van der Waals surface area contributed by atoms with E-state index >= 15 is 0 Å². The predicted molar refractivity (Wildman–Crippen MR) is 85.8 cm³/mol. The molecule has 130 valence electrons. The summed E-state index contributed by atoms with van der Waals surface area (Å²) < 4.78 is 20.4. The fourth-order valence-electron chi connectivity index (χ4n) is 4.43. The average molecular weight is 342 g/mol. The van der Waals surface area contributed by atoms with Crippen LogP contribution in [0.2, 0.25) is 0 Å². The minimum absolute atomic E-state index is 0.125. The van der Waals surface area contributed by atoms with Crippen molar-refractivity contribution in [3.63, 3.8) is 0 Å². The number of fused-ring (bicyclic) bond motifs is 1. The van der Waals surface area contributed by atoms with Crippen LogP contribution in [0.5, 0.6) is 0 Å². The van der Waals surface area contributed by atoms with Gasteiger partial charge in [-0.25, -0.2) is 4.39 Å². The molecule has 0 aliphatic carbocycles. The fourth-order valence-corrected chi connectivity index (χ4v) is 4.43. The van der Waals surface area contributed by atoms with Crippen LogP contribution in [-0.2, 0) is 14.3 Å². The Hall–Kier alpha value is -2.47. The highest BCUT2D eigenvalue weighted by molar-refractivity contribution is 6.03. The van der Waals surface area contributed by atoms with E-state index in [4.69, 9.17) is 4.74 Å². The number of rotatable bonds is 4. The highest BCUT2D eigenvalue weighted by atomic mass is 19.1. The van der Waals surface area contributed by atoms with E-state index in [9.17, 15) is 19.1 Å². The number of aliphatic carboxylic acids is 1. The van der Waals surface area contributed by atoms with Crippen LogP contribution in [0, 0.1) is 17.7 Å². The van der Waals surface area contributed by atoms with Crippen LogP contribution < -0.4 is 10.0 Å².